The number of nitrogens with zero attached hydrogens (tertiary/aromatic N) is 3. The summed E-state index contributed by atoms with van der Waals surface area (Å²) in [5, 5.41) is 0. The van der Waals surface area contributed by atoms with Crippen molar-refractivity contribution >= 4 is 27.5 Å². The zero-order valence-corrected chi connectivity index (χ0v) is 17.0. The maximum atomic E-state index is 12.4. The predicted molar refractivity (Wildman–Crippen MR) is 110 cm³/mol. The van der Waals surface area contributed by atoms with Crippen LogP contribution >= 0.6 is 0 Å². The first-order valence-corrected chi connectivity index (χ1v) is 10.4. The Balaban J connectivity index is 1.58. The molecule has 7 nitrogen and oxygen atoms in total. The summed E-state index contributed by atoms with van der Waals surface area (Å²) >= 11 is 0. The molecule has 2 aromatic carbocycles. The van der Waals surface area contributed by atoms with E-state index in [4.69, 9.17) is 0 Å². The van der Waals surface area contributed by atoms with Gasteiger partial charge in [0.2, 0.25) is 5.91 Å². The van der Waals surface area contributed by atoms with Crippen LogP contribution in [0.25, 0.3) is 0 Å². The highest BCUT2D eigenvalue weighted by molar-refractivity contribution is 7.90. The first-order chi connectivity index (χ1) is 13.3. The van der Waals surface area contributed by atoms with Crippen LogP contribution < -0.4 is 9.62 Å². The van der Waals surface area contributed by atoms with E-state index in [1.807, 2.05) is 43.3 Å². The van der Waals surface area contributed by atoms with Gasteiger partial charge in [-0.05, 0) is 29.8 Å². The van der Waals surface area contributed by atoms with Gasteiger partial charge < -0.3 is 9.80 Å². The summed E-state index contributed by atoms with van der Waals surface area (Å²) in [6, 6.07) is 14.7. The van der Waals surface area contributed by atoms with Gasteiger partial charge in [0.05, 0.1) is 11.4 Å². The zero-order valence-electron chi connectivity index (χ0n) is 16.2. The number of hydrogen-bond donors (Lipinski definition) is 1. The van der Waals surface area contributed by atoms with Gasteiger partial charge in [0, 0.05) is 45.4 Å². The Bertz CT molecular complexity index is 998. The molecule has 0 fully saturated rings. The summed E-state index contributed by atoms with van der Waals surface area (Å²) < 4.78 is 26.6. The van der Waals surface area contributed by atoms with E-state index in [-0.39, 0.29) is 23.8 Å². The van der Waals surface area contributed by atoms with Gasteiger partial charge in [0.1, 0.15) is 5.84 Å². The maximum Gasteiger partial charge on any atom is 0.263 e. The summed E-state index contributed by atoms with van der Waals surface area (Å²) in [6.45, 7) is 0.730. The van der Waals surface area contributed by atoms with E-state index in [1.165, 1.54) is 0 Å². The molecule has 0 unspecified atom stereocenters. The van der Waals surface area contributed by atoms with Crippen LogP contribution in [-0.2, 0) is 21.4 Å². The average molecular weight is 401 g/mol. The van der Waals surface area contributed by atoms with Crippen molar-refractivity contribution in [1.29, 1.82) is 0 Å². The fourth-order valence-electron chi connectivity index (χ4n) is 2.97. The van der Waals surface area contributed by atoms with Crippen LogP contribution in [0.1, 0.15) is 17.5 Å². The molecule has 1 N–H and O–H groups in total. The fraction of sp³-hybridized carbons (Fsp3) is 0.300. The van der Waals surface area contributed by atoms with Crippen molar-refractivity contribution < 1.29 is 13.2 Å². The van der Waals surface area contributed by atoms with Gasteiger partial charge >= 0.3 is 0 Å². The third-order valence-corrected chi connectivity index (χ3v) is 5.95. The van der Waals surface area contributed by atoms with Crippen molar-refractivity contribution in [2.45, 2.75) is 17.9 Å². The summed E-state index contributed by atoms with van der Waals surface area (Å²) in [5.74, 6) is 0.250. The van der Waals surface area contributed by atoms with Crippen LogP contribution in [-0.4, -0.2) is 52.7 Å². The van der Waals surface area contributed by atoms with Gasteiger partial charge in [-0.15, -0.1) is 0 Å². The molecule has 8 heteroatoms. The largest absolute Gasteiger partial charge is 0.378 e. The SMILES string of the molecule is CN(Cc1ccc(N(C)C)cc1)C(=O)CCN=C1NS(=O)(=O)c2ccccc21. The molecule has 0 spiro atoms. The molecule has 1 aliphatic rings. The fourth-order valence-corrected chi connectivity index (χ4v) is 4.22. The third kappa shape index (κ3) is 4.33. The Morgan fingerprint density at radius 1 is 1.04 bits per heavy atom. The molecular formula is C20H24N4O3S. The van der Waals surface area contributed by atoms with Gasteiger partial charge in [-0.3, -0.25) is 14.5 Å². The summed E-state index contributed by atoms with van der Waals surface area (Å²) in [6.07, 6.45) is 0.208. The maximum absolute atomic E-state index is 12.4. The number of aliphatic imine (C=N–C) groups is 1. The lowest BCUT2D eigenvalue weighted by Crippen LogP contribution is -2.27. The monoisotopic (exact) mass is 400 g/mol. The number of benzene rings is 2. The number of fused-ring (bicyclic) bond motifs is 1. The zero-order chi connectivity index (χ0) is 20.3. The van der Waals surface area contributed by atoms with Gasteiger partial charge in [-0.1, -0.05) is 24.3 Å². The van der Waals surface area contributed by atoms with Gasteiger partial charge in [0.15, 0.2) is 0 Å². The molecule has 2 aromatic rings. The highest BCUT2D eigenvalue weighted by Crippen LogP contribution is 2.22. The molecule has 1 aliphatic heterocycles. The van der Waals surface area contributed by atoms with Crippen LogP contribution in [0.3, 0.4) is 0 Å². The number of amides is 1. The molecule has 0 aliphatic carbocycles. The second-order valence-electron chi connectivity index (χ2n) is 6.89. The number of carbonyl (C=O) groups is 1. The van der Waals surface area contributed by atoms with Crippen LogP contribution in [0.4, 0.5) is 5.69 Å². The second-order valence-corrected chi connectivity index (χ2v) is 8.54. The molecule has 3 rings (SSSR count). The third-order valence-electron chi connectivity index (χ3n) is 4.56. The minimum absolute atomic E-state index is 0.0461. The van der Waals surface area contributed by atoms with Crippen molar-refractivity contribution in [3.05, 3.63) is 59.7 Å². The van der Waals surface area contributed by atoms with E-state index in [0.29, 0.717) is 17.9 Å². The predicted octanol–water partition coefficient (Wildman–Crippen LogP) is 1.84. The molecular weight excluding hydrogens is 376 g/mol. The van der Waals surface area contributed by atoms with Crippen LogP contribution in [0.2, 0.25) is 0 Å². The Morgan fingerprint density at radius 2 is 1.71 bits per heavy atom. The van der Waals surface area contributed by atoms with E-state index in [9.17, 15) is 13.2 Å². The van der Waals surface area contributed by atoms with Gasteiger partial charge in [-0.2, -0.15) is 0 Å². The average Bonchev–Trinajstić information content (AvgIpc) is 2.93. The lowest BCUT2D eigenvalue weighted by molar-refractivity contribution is -0.130. The molecule has 0 bridgehead atoms. The summed E-state index contributed by atoms with van der Waals surface area (Å²) in [4.78, 5) is 20.6. The van der Waals surface area contributed by atoms with Gasteiger partial charge in [-0.25, -0.2) is 8.42 Å². The molecule has 0 radical (unpaired) electrons. The second kappa shape index (κ2) is 8.02. The molecule has 148 valence electrons. The van der Waals surface area contributed by atoms with Crippen LogP contribution in [0, 0.1) is 0 Å². The number of amidine groups is 1. The molecule has 0 saturated heterocycles. The van der Waals surface area contributed by atoms with Crippen molar-refractivity contribution in [3.63, 3.8) is 0 Å². The van der Waals surface area contributed by atoms with Crippen molar-refractivity contribution in [2.24, 2.45) is 4.99 Å². The van der Waals surface area contributed by atoms with Crippen LogP contribution in [0.5, 0.6) is 0 Å². The topological polar surface area (TPSA) is 82.1 Å². The van der Waals surface area contributed by atoms with E-state index in [2.05, 4.69) is 9.71 Å². The number of nitrogens with one attached hydrogen (secondary N) is 1. The number of rotatable bonds is 6. The highest BCUT2D eigenvalue weighted by atomic mass is 32.2. The van der Waals surface area contributed by atoms with E-state index in [0.717, 1.165) is 11.3 Å². The van der Waals surface area contributed by atoms with Crippen molar-refractivity contribution in [2.75, 3.05) is 32.6 Å². The molecule has 0 aromatic heterocycles. The van der Waals surface area contributed by atoms with Crippen LogP contribution in [0.15, 0.2) is 58.4 Å². The molecule has 28 heavy (non-hydrogen) atoms. The molecule has 0 saturated carbocycles. The number of anilines is 1. The number of sulfonamides is 1. The highest BCUT2D eigenvalue weighted by Gasteiger charge is 2.29. The lowest BCUT2D eigenvalue weighted by Gasteiger charge is -2.18. The lowest BCUT2D eigenvalue weighted by atomic mass is 10.2. The van der Waals surface area contributed by atoms with Gasteiger partial charge in [0.25, 0.3) is 10.0 Å². The minimum Gasteiger partial charge on any atom is -0.378 e. The Kier molecular flexibility index (Phi) is 5.69. The van der Waals surface area contributed by atoms with Crippen molar-refractivity contribution in [1.82, 2.24) is 9.62 Å². The number of carbonyl (C=O) groups excluding carboxylic acids is 1. The minimum atomic E-state index is -3.55. The normalized spacial score (nSPS) is 15.8. The first-order valence-electron chi connectivity index (χ1n) is 8.95. The van der Waals surface area contributed by atoms with E-state index < -0.39 is 10.0 Å². The summed E-state index contributed by atoms with van der Waals surface area (Å²) in [5.41, 5.74) is 2.70. The Morgan fingerprint density at radius 3 is 2.39 bits per heavy atom. The molecule has 1 amide bonds. The quantitative estimate of drug-likeness (QED) is 0.802. The first kappa shape index (κ1) is 19.9. The van der Waals surface area contributed by atoms with Crippen molar-refractivity contribution in [3.8, 4) is 0 Å². The Labute approximate surface area is 165 Å². The van der Waals surface area contributed by atoms with E-state index >= 15 is 0 Å². The van der Waals surface area contributed by atoms with E-state index in [1.54, 1.807) is 36.2 Å². The molecule has 1 heterocycles. The molecule has 0 atom stereocenters. The number of hydrogen-bond acceptors (Lipinski definition) is 5. The smallest absolute Gasteiger partial charge is 0.263 e. The standard InChI is InChI=1S/C20H24N4O3S/c1-23(2)16-10-8-15(9-11-16)14-24(3)19(25)12-13-21-20-17-6-4-5-7-18(17)28(26,27)22-20/h4-11H,12-14H2,1-3H3,(H,21,22). The Hall–Kier alpha value is -2.87. The summed E-state index contributed by atoms with van der Waals surface area (Å²) in [7, 11) is 2.16.